The zero-order valence-corrected chi connectivity index (χ0v) is 21.6. The van der Waals surface area contributed by atoms with Gasteiger partial charge in [-0.1, -0.05) is 19.3 Å². The van der Waals surface area contributed by atoms with Gasteiger partial charge in [-0.25, -0.2) is 0 Å². The first-order chi connectivity index (χ1) is 15.3. The largest absolute Gasteiger partial charge is 0.303 e. The normalized spacial score (nSPS) is 33.4. The first kappa shape index (κ1) is 24.6. The van der Waals surface area contributed by atoms with Gasteiger partial charge in [0.25, 0.3) is 0 Å². The molecule has 0 bridgehead atoms. The van der Waals surface area contributed by atoms with Crippen LogP contribution in [0.2, 0.25) is 0 Å². The van der Waals surface area contributed by atoms with E-state index in [4.69, 9.17) is 0 Å². The van der Waals surface area contributed by atoms with Gasteiger partial charge in [0.05, 0.1) is 6.67 Å². The fraction of sp³-hybridized carbons (Fsp3) is 0.963. The van der Waals surface area contributed by atoms with Crippen molar-refractivity contribution >= 4 is 5.78 Å². The van der Waals surface area contributed by atoms with Crippen molar-refractivity contribution in [3.05, 3.63) is 0 Å². The van der Waals surface area contributed by atoms with Crippen LogP contribution in [-0.2, 0) is 4.79 Å². The molecular weight excluding hydrogens is 396 g/mol. The highest BCUT2D eigenvalue weighted by atomic mass is 16.1. The molecule has 5 nitrogen and oxygen atoms in total. The Morgan fingerprint density at radius 1 is 0.594 bits per heavy atom. The molecule has 0 N–H and O–H groups in total. The van der Waals surface area contributed by atoms with Crippen LogP contribution in [0.4, 0.5) is 0 Å². The maximum atomic E-state index is 14.2. The summed E-state index contributed by atoms with van der Waals surface area (Å²) in [4.78, 5) is 24.9. The fourth-order valence-electron chi connectivity index (χ4n) is 7.15. The number of carbonyl (C=O) groups excluding carboxylic acids is 1. The Labute approximate surface area is 197 Å². The summed E-state index contributed by atoms with van der Waals surface area (Å²) in [6.45, 7) is 19.5. The van der Waals surface area contributed by atoms with E-state index >= 15 is 0 Å². The lowest BCUT2D eigenvalue weighted by atomic mass is 9.65. The molecule has 184 valence electrons. The molecule has 0 saturated carbocycles. The van der Waals surface area contributed by atoms with E-state index in [0.717, 1.165) is 19.8 Å². The van der Waals surface area contributed by atoms with E-state index in [9.17, 15) is 4.79 Å². The van der Waals surface area contributed by atoms with Crippen molar-refractivity contribution in [2.45, 2.75) is 96.6 Å². The van der Waals surface area contributed by atoms with E-state index in [1.165, 1.54) is 97.1 Å². The quantitative estimate of drug-likeness (QED) is 0.614. The zero-order chi connectivity index (χ0) is 22.8. The van der Waals surface area contributed by atoms with Crippen molar-refractivity contribution in [1.82, 2.24) is 19.6 Å². The van der Waals surface area contributed by atoms with Crippen LogP contribution in [-0.4, -0.2) is 95.5 Å². The average molecular weight is 447 g/mol. The molecule has 0 amide bonds. The Morgan fingerprint density at radius 3 is 1.31 bits per heavy atom. The average Bonchev–Trinajstić information content (AvgIpc) is 2.80. The number of likely N-dealkylation sites (tertiary alicyclic amines) is 4. The van der Waals surface area contributed by atoms with Crippen molar-refractivity contribution in [2.24, 2.45) is 11.8 Å². The SMILES string of the molecule is CC1(C)C(CN2CCCCC2)C(=O)C(CN2CCCCC2)C(C)(C)N1CN1CCCCC1. The number of Topliss-reactive ketones (excluding diaryl/α,β-unsaturated/α-hetero) is 1. The Bertz CT molecular complexity index is 573. The number of rotatable bonds is 6. The smallest absolute Gasteiger partial charge is 0.145 e. The minimum Gasteiger partial charge on any atom is -0.303 e. The third-order valence-electron chi connectivity index (χ3n) is 9.35. The van der Waals surface area contributed by atoms with Crippen molar-refractivity contribution in [3.63, 3.8) is 0 Å². The highest BCUT2D eigenvalue weighted by molar-refractivity contribution is 5.87. The Balaban J connectivity index is 1.59. The number of nitrogens with zero attached hydrogens (tertiary/aromatic N) is 4. The highest BCUT2D eigenvalue weighted by Crippen LogP contribution is 2.44. The van der Waals surface area contributed by atoms with Crippen LogP contribution in [0.1, 0.15) is 85.5 Å². The summed E-state index contributed by atoms with van der Waals surface area (Å²) in [5.41, 5.74) is -0.234. The molecule has 32 heavy (non-hydrogen) atoms. The summed E-state index contributed by atoms with van der Waals surface area (Å²) in [6.07, 6.45) is 11.9. The van der Waals surface area contributed by atoms with E-state index in [1.807, 2.05) is 0 Å². The number of hydrogen-bond donors (Lipinski definition) is 0. The molecule has 0 aromatic rings. The third kappa shape index (κ3) is 5.26. The molecule has 0 aliphatic carbocycles. The molecule has 0 aromatic carbocycles. The first-order valence-corrected chi connectivity index (χ1v) is 13.8. The molecule has 2 atom stereocenters. The lowest BCUT2D eigenvalue weighted by molar-refractivity contribution is -0.166. The van der Waals surface area contributed by atoms with Gasteiger partial charge in [-0.15, -0.1) is 0 Å². The van der Waals surface area contributed by atoms with Gasteiger partial charge in [-0.05, 0) is 105 Å². The number of hydrogen-bond acceptors (Lipinski definition) is 5. The van der Waals surface area contributed by atoms with E-state index in [1.54, 1.807) is 0 Å². The predicted molar refractivity (Wildman–Crippen MR) is 133 cm³/mol. The van der Waals surface area contributed by atoms with Crippen molar-refractivity contribution in [1.29, 1.82) is 0 Å². The molecule has 4 aliphatic rings. The van der Waals surface area contributed by atoms with Crippen LogP contribution in [0.15, 0.2) is 0 Å². The third-order valence-corrected chi connectivity index (χ3v) is 9.35. The molecule has 4 saturated heterocycles. The second kappa shape index (κ2) is 10.4. The molecule has 0 aromatic heterocycles. The van der Waals surface area contributed by atoms with Gasteiger partial charge in [0.15, 0.2) is 0 Å². The molecule has 5 heteroatoms. The summed E-state index contributed by atoms with van der Waals surface area (Å²) < 4.78 is 0. The standard InChI is InChI=1S/C27H50N4O/c1-26(2)23(20-28-14-8-5-9-15-28)25(32)24(21-29-16-10-6-11-17-29)27(3,4)31(26)22-30-18-12-7-13-19-30/h23-24H,5-22H2,1-4H3. The topological polar surface area (TPSA) is 30.0 Å². The second-order valence-corrected chi connectivity index (χ2v) is 12.3. The molecule has 4 rings (SSSR count). The first-order valence-electron chi connectivity index (χ1n) is 13.8. The molecule has 4 fully saturated rings. The van der Waals surface area contributed by atoms with Gasteiger partial charge in [0.1, 0.15) is 5.78 Å². The minimum atomic E-state index is -0.117. The van der Waals surface area contributed by atoms with Gasteiger partial charge >= 0.3 is 0 Å². The van der Waals surface area contributed by atoms with Crippen molar-refractivity contribution < 1.29 is 4.79 Å². The second-order valence-electron chi connectivity index (χ2n) is 12.3. The molecular formula is C27H50N4O. The van der Waals surface area contributed by atoms with Gasteiger partial charge in [0.2, 0.25) is 0 Å². The fourth-order valence-corrected chi connectivity index (χ4v) is 7.15. The van der Waals surface area contributed by atoms with Crippen LogP contribution in [0, 0.1) is 11.8 Å². The van der Waals surface area contributed by atoms with E-state index in [-0.39, 0.29) is 22.9 Å². The zero-order valence-electron chi connectivity index (χ0n) is 21.6. The molecule has 4 aliphatic heterocycles. The van der Waals surface area contributed by atoms with Crippen LogP contribution < -0.4 is 0 Å². The maximum absolute atomic E-state index is 14.2. The molecule has 0 radical (unpaired) electrons. The van der Waals surface area contributed by atoms with E-state index in [2.05, 4.69) is 47.3 Å². The van der Waals surface area contributed by atoms with E-state index in [0.29, 0.717) is 5.78 Å². The summed E-state index contributed by atoms with van der Waals surface area (Å²) in [6, 6.07) is 0. The lowest BCUT2D eigenvalue weighted by Crippen LogP contribution is -2.73. The van der Waals surface area contributed by atoms with Crippen LogP contribution in [0.3, 0.4) is 0 Å². The van der Waals surface area contributed by atoms with Crippen LogP contribution >= 0.6 is 0 Å². The van der Waals surface area contributed by atoms with Gasteiger partial charge < -0.3 is 9.80 Å². The van der Waals surface area contributed by atoms with Crippen LogP contribution in [0.5, 0.6) is 0 Å². The molecule has 0 spiro atoms. The Kier molecular flexibility index (Phi) is 8.02. The minimum absolute atomic E-state index is 0.105. The lowest BCUT2D eigenvalue weighted by Gasteiger charge is -2.61. The summed E-state index contributed by atoms with van der Waals surface area (Å²) in [7, 11) is 0. The summed E-state index contributed by atoms with van der Waals surface area (Å²) in [5.74, 6) is 0.757. The monoisotopic (exact) mass is 446 g/mol. The molecule has 4 heterocycles. The van der Waals surface area contributed by atoms with Gasteiger partial charge in [-0.2, -0.15) is 0 Å². The Morgan fingerprint density at radius 2 is 0.938 bits per heavy atom. The van der Waals surface area contributed by atoms with Gasteiger partial charge in [0, 0.05) is 36.0 Å². The highest BCUT2D eigenvalue weighted by Gasteiger charge is 2.57. The summed E-state index contributed by atoms with van der Waals surface area (Å²) >= 11 is 0. The number of carbonyl (C=O) groups is 1. The van der Waals surface area contributed by atoms with E-state index < -0.39 is 0 Å². The predicted octanol–water partition coefficient (Wildman–Crippen LogP) is 4.08. The van der Waals surface area contributed by atoms with Crippen LogP contribution in [0.25, 0.3) is 0 Å². The maximum Gasteiger partial charge on any atom is 0.145 e. The number of ketones is 1. The number of piperidine rings is 4. The van der Waals surface area contributed by atoms with Crippen molar-refractivity contribution in [2.75, 3.05) is 59.0 Å². The van der Waals surface area contributed by atoms with Gasteiger partial charge in [-0.3, -0.25) is 14.6 Å². The molecule has 2 unspecified atom stereocenters. The van der Waals surface area contributed by atoms with Crippen molar-refractivity contribution in [3.8, 4) is 0 Å². The Hall–Kier alpha value is -0.490. The summed E-state index contributed by atoms with van der Waals surface area (Å²) in [5, 5.41) is 0.